The van der Waals surface area contributed by atoms with E-state index in [4.69, 9.17) is 0 Å². The van der Waals surface area contributed by atoms with Crippen LogP contribution in [0, 0.1) is 24.2 Å². The van der Waals surface area contributed by atoms with Crippen molar-refractivity contribution in [3.05, 3.63) is 35.4 Å². The summed E-state index contributed by atoms with van der Waals surface area (Å²) in [6, 6.07) is 10.4. The molecule has 1 unspecified atom stereocenters. The molecule has 0 N–H and O–H groups in total. The molecule has 1 heterocycles. The quantitative estimate of drug-likeness (QED) is 0.857. The second kappa shape index (κ2) is 7.81. The summed E-state index contributed by atoms with van der Waals surface area (Å²) in [6.07, 6.45) is 5.78. The van der Waals surface area contributed by atoms with Crippen LogP contribution in [0.5, 0.6) is 0 Å². The molecule has 128 valence electrons. The molecule has 0 aromatic heterocycles. The van der Waals surface area contributed by atoms with Gasteiger partial charge in [-0.05, 0) is 25.3 Å². The van der Waals surface area contributed by atoms with Gasteiger partial charge in [0.2, 0.25) is 5.91 Å². The zero-order valence-corrected chi connectivity index (χ0v) is 14.6. The van der Waals surface area contributed by atoms with E-state index in [1.54, 1.807) is 0 Å². The molecule has 1 aromatic carbocycles. The Balaban J connectivity index is 1.58. The summed E-state index contributed by atoms with van der Waals surface area (Å²) >= 11 is 0. The molecule has 1 aromatic rings. The highest BCUT2D eigenvalue weighted by Crippen LogP contribution is 2.27. The molecule has 1 amide bonds. The summed E-state index contributed by atoms with van der Waals surface area (Å²) in [6.45, 7) is 5.12. The molecule has 1 saturated heterocycles. The van der Waals surface area contributed by atoms with Crippen LogP contribution < -0.4 is 0 Å². The number of amides is 1. The van der Waals surface area contributed by atoms with Crippen molar-refractivity contribution in [1.82, 2.24) is 9.80 Å². The van der Waals surface area contributed by atoms with Gasteiger partial charge in [0, 0.05) is 32.1 Å². The number of hydrogen-bond acceptors (Lipinski definition) is 3. The summed E-state index contributed by atoms with van der Waals surface area (Å²) in [5, 5.41) is 9.61. The molecule has 3 rings (SSSR count). The van der Waals surface area contributed by atoms with Crippen molar-refractivity contribution in [2.45, 2.75) is 45.1 Å². The van der Waals surface area contributed by atoms with Gasteiger partial charge in [-0.15, -0.1) is 0 Å². The van der Waals surface area contributed by atoms with E-state index in [0.29, 0.717) is 5.91 Å². The normalized spacial score (nSPS) is 21.2. The minimum absolute atomic E-state index is 0.211. The average Bonchev–Trinajstić information content (AvgIpc) is 2.64. The van der Waals surface area contributed by atoms with Crippen LogP contribution in [0.2, 0.25) is 0 Å². The highest BCUT2D eigenvalue weighted by atomic mass is 16.2. The smallest absolute Gasteiger partial charge is 0.225 e. The topological polar surface area (TPSA) is 47.3 Å². The lowest BCUT2D eigenvalue weighted by molar-refractivity contribution is -0.138. The molecule has 1 atom stereocenters. The first kappa shape index (κ1) is 17.0. The number of nitrogens with zero attached hydrogens (tertiary/aromatic N) is 3. The largest absolute Gasteiger partial charge is 0.340 e. The molecule has 0 spiro atoms. The van der Waals surface area contributed by atoms with Gasteiger partial charge < -0.3 is 4.90 Å². The lowest BCUT2D eigenvalue weighted by atomic mass is 9.88. The Bertz CT molecular complexity index is 590. The molecule has 2 aliphatic rings. The summed E-state index contributed by atoms with van der Waals surface area (Å²) in [5.41, 5.74) is 2.26. The van der Waals surface area contributed by atoms with Crippen LogP contribution in [0.3, 0.4) is 0 Å². The van der Waals surface area contributed by atoms with E-state index < -0.39 is 0 Å². The summed E-state index contributed by atoms with van der Waals surface area (Å²) in [4.78, 5) is 16.9. The van der Waals surface area contributed by atoms with Crippen molar-refractivity contribution in [2.75, 3.05) is 26.2 Å². The maximum atomic E-state index is 12.6. The summed E-state index contributed by atoms with van der Waals surface area (Å²) < 4.78 is 0. The maximum absolute atomic E-state index is 12.6. The zero-order chi connectivity index (χ0) is 16.9. The molecule has 4 nitrogen and oxygen atoms in total. The van der Waals surface area contributed by atoms with Crippen molar-refractivity contribution in [3.8, 4) is 6.07 Å². The molecule has 0 radical (unpaired) electrons. The second-order valence-corrected chi connectivity index (χ2v) is 7.14. The van der Waals surface area contributed by atoms with Gasteiger partial charge >= 0.3 is 0 Å². The van der Waals surface area contributed by atoms with Crippen molar-refractivity contribution >= 4 is 5.91 Å². The van der Waals surface area contributed by atoms with Crippen molar-refractivity contribution in [1.29, 1.82) is 5.26 Å². The average molecular weight is 325 g/mol. The monoisotopic (exact) mass is 325 g/mol. The number of aryl methyl sites for hydroxylation is 1. The van der Waals surface area contributed by atoms with Gasteiger partial charge in [-0.2, -0.15) is 5.26 Å². The maximum Gasteiger partial charge on any atom is 0.225 e. The number of piperazine rings is 1. The third kappa shape index (κ3) is 3.79. The molecule has 1 aliphatic heterocycles. The molecule has 0 bridgehead atoms. The van der Waals surface area contributed by atoms with Gasteiger partial charge in [-0.25, -0.2) is 0 Å². The minimum Gasteiger partial charge on any atom is -0.340 e. The minimum atomic E-state index is -0.211. The molecule has 24 heavy (non-hydrogen) atoms. The van der Waals surface area contributed by atoms with Gasteiger partial charge in [-0.3, -0.25) is 9.69 Å². The van der Waals surface area contributed by atoms with Crippen LogP contribution in [-0.4, -0.2) is 41.9 Å². The van der Waals surface area contributed by atoms with Crippen LogP contribution in [0.25, 0.3) is 0 Å². The fourth-order valence-electron chi connectivity index (χ4n) is 3.92. The Kier molecular flexibility index (Phi) is 5.52. The molecule has 1 saturated carbocycles. The van der Waals surface area contributed by atoms with Crippen LogP contribution in [0.1, 0.15) is 49.3 Å². The van der Waals surface area contributed by atoms with Crippen LogP contribution in [-0.2, 0) is 4.79 Å². The first-order chi connectivity index (χ1) is 11.7. The lowest BCUT2D eigenvalue weighted by Crippen LogP contribution is -2.51. The van der Waals surface area contributed by atoms with E-state index in [1.807, 2.05) is 17.0 Å². The van der Waals surface area contributed by atoms with Crippen molar-refractivity contribution in [3.63, 3.8) is 0 Å². The second-order valence-electron chi connectivity index (χ2n) is 7.14. The van der Waals surface area contributed by atoms with Crippen LogP contribution in [0.4, 0.5) is 0 Å². The standard InChI is InChI=1S/C20H27N3O/c1-16-7-9-17(10-8-16)19(15-21)22-11-13-23(14-12-22)20(24)18-5-3-2-4-6-18/h7-10,18-19H,2-6,11-14H2,1H3. The Morgan fingerprint density at radius 1 is 1.08 bits per heavy atom. The molecular weight excluding hydrogens is 298 g/mol. The van der Waals surface area contributed by atoms with E-state index in [9.17, 15) is 10.1 Å². The fourth-order valence-corrected chi connectivity index (χ4v) is 3.92. The number of rotatable bonds is 3. The van der Waals surface area contributed by atoms with Gasteiger partial charge in [-0.1, -0.05) is 49.1 Å². The van der Waals surface area contributed by atoms with E-state index in [-0.39, 0.29) is 12.0 Å². The molecule has 1 aliphatic carbocycles. The lowest BCUT2D eigenvalue weighted by Gasteiger charge is -2.38. The number of nitriles is 1. The first-order valence-electron chi connectivity index (χ1n) is 9.18. The predicted molar refractivity (Wildman–Crippen MR) is 94.3 cm³/mol. The first-order valence-corrected chi connectivity index (χ1v) is 9.18. The van der Waals surface area contributed by atoms with Crippen LogP contribution in [0.15, 0.2) is 24.3 Å². The number of carbonyl (C=O) groups is 1. The molecular formula is C20H27N3O. The Hall–Kier alpha value is -1.86. The predicted octanol–water partition coefficient (Wildman–Crippen LogP) is 3.28. The van der Waals surface area contributed by atoms with Gasteiger partial charge in [0.1, 0.15) is 6.04 Å². The summed E-state index contributed by atoms with van der Waals surface area (Å²) in [7, 11) is 0. The third-order valence-electron chi connectivity index (χ3n) is 5.46. The van der Waals surface area contributed by atoms with E-state index in [2.05, 4.69) is 30.0 Å². The highest BCUT2D eigenvalue weighted by molar-refractivity contribution is 5.79. The van der Waals surface area contributed by atoms with Crippen molar-refractivity contribution < 1.29 is 4.79 Å². The molecule has 2 fully saturated rings. The Labute approximate surface area is 145 Å². The number of benzene rings is 1. The third-order valence-corrected chi connectivity index (χ3v) is 5.46. The van der Waals surface area contributed by atoms with Gasteiger partial charge in [0.15, 0.2) is 0 Å². The fraction of sp³-hybridized carbons (Fsp3) is 0.600. The van der Waals surface area contributed by atoms with E-state index in [1.165, 1.54) is 24.8 Å². The number of hydrogen-bond donors (Lipinski definition) is 0. The molecule has 4 heteroatoms. The SMILES string of the molecule is Cc1ccc(C(C#N)N2CCN(C(=O)C3CCCCC3)CC2)cc1. The van der Waals surface area contributed by atoms with Gasteiger partial charge in [0.25, 0.3) is 0 Å². The van der Waals surface area contributed by atoms with Crippen LogP contribution >= 0.6 is 0 Å². The zero-order valence-electron chi connectivity index (χ0n) is 14.6. The van der Waals surface area contributed by atoms with Gasteiger partial charge in [0.05, 0.1) is 6.07 Å². The van der Waals surface area contributed by atoms with Crippen molar-refractivity contribution in [2.24, 2.45) is 5.92 Å². The van der Waals surface area contributed by atoms with E-state index in [0.717, 1.165) is 44.6 Å². The summed E-state index contributed by atoms with van der Waals surface area (Å²) in [5.74, 6) is 0.590. The number of carbonyl (C=O) groups excluding carboxylic acids is 1. The Morgan fingerprint density at radius 2 is 1.71 bits per heavy atom. The van der Waals surface area contributed by atoms with E-state index >= 15 is 0 Å². The highest BCUT2D eigenvalue weighted by Gasteiger charge is 2.30. The Morgan fingerprint density at radius 3 is 2.29 bits per heavy atom.